The number of carbonyl (C=O) groups excluding carboxylic acids is 1. The molecule has 1 aromatic carbocycles. The summed E-state index contributed by atoms with van der Waals surface area (Å²) in [5.41, 5.74) is 0.884. The number of thioether (sulfide) groups is 1. The second-order valence-electron chi connectivity index (χ2n) is 5.03. The Morgan fingerprint density at radius 1 is 1.48 bits per heavy atom. The summed E-state index contributed by atoms with van der Waals surface area (Å²) in [7, 11) is 1.91. The number of hydrogen-bond donors (Lipinski definition) is 2. The Kier molecular flexibility index (Phi) is 6.50. The fraction of sp³-hybridized carbons (Fsp3) is 0.533. The van der Waals surface area contributed by atoms with Crippen molar-refractivity contribution in [2.75, 3.05) is 51.4 Å². The lowest BCUT2D eigenvalue weighted by Gasteiger charge is -2.32. The van der Waals surface area contributed by atoms with Gasteiger partial charge >= 0.3 is 0 Å². The molecule has 0 aromatic heterocycles. The van der Waals surface area contributed by atoms with Crippen LogP contribution in [0.25, 0.3) is 0 Å². The second kappa shape index (κ2) is 8.38. The van der Waals surface area contributed by atoms with Gasteiger partial charge in [-0.15, -0.1) is 11.8 Å². The fourth-order valence-corrected chi connectivity index (χ4v) is 2.97. The summed E-state index contributed by atoms with van der Waals surface area (Å²) in [6, 6.07) is 7.86. The van der Waals surface area contributed by atoms with Crippen LogP contribution < -0.4 is 10.6 Å². The molecule has 1 fully saturated rings. The second-order valence-corrected chi connectivity index (χ2v) is 5.88. The smallest absolute Gasteiger partial charge is 0.238 e. The summed E-state index contributed by atoms with van der Waals surface area (Å²) in [5, 5.41) is 6.11. The Morgan fingerprint density at radius 3 is 3.05 bits per heavy atom. The summed E-state index contributed by atoms with van der Waals surface area (Å²) >= 11 is 1.63. The maximum absolute atomic E-state index is 12.2. The average molecular weight is 309 g/mol. The molecule has 0 spiro atoms. The third-order valence-corrected chi connectivity index (χ3v) is 4.20. The summed E-state index contributed by atoms with van der Waals surface area (Å²) in [4.78, 5) is 15.4. The summed E-state index contributed by atoms with van der Waals surface area (Å²) in [5.74, 6) is 0.0293. The van der Waals surface area contributed by atoms with Crippen LogP contribution >= 0.6 is 11.8 Å². The van der Waals surface area contributed by atoms with Gasteiger partial charge in [0.25, 0.3) is 0 Å². The zero-order valence-corrected chi connectivity index (χ0v) is 13.4. The van der Waals surface area contributed by atoms with Crippen molar-refractivity contribution in [3.63, 3.8) is 0 Å². The van der Waals surface area contributed by atoms with E-state index in [2.05, 4.69) is 15.5 Å². The first kappa shape index (κ1) is 16.3. The van der Waals surface area contributed by atoms with E-state index < -0.39 is 0 Å². The maximum Gasteiger partial charge on any atom is 0.238 e. The first-order valence-electron chi connectivity index (χ1n) is 7.14. The van der Waals surface area contributed by atoms with Crippen LogP contribution in [-0.2, 0) is 9.53 Å². The Hall–Kier alpha value is -1.08. The molecular weight excluding hydrogens is 286 g/mol. The lowest BCUT2D eigenvalue weighted by Crippen LogP contribution is -2.48. The molecule has 5 nitrogen and oxygen atoms in total. The highest BCUT2D eigenvalue weighted by molar-refractivity contribution is 7.98. The van der Waals surface area contributed by atoms with Crippen molar-refractivity contribution in [3.8, 4) is 0 Å². The van der Waals surface area contributed by atoms with E-state index >= 15 is 0 Å². The van der Waals surface area contributed by atoms with Crippen molar-refractivity contribution in [1.29, 1.82) is 0 Å². The summed E-state index contributed by atoms with van der Waals surface area (Å²) in [6.07, 6.45) is 2.17. The topological polar surface area (TPSA) is 53.6 Å². The number of amides is 1. The Bertz CT molecular complexity index is 468. The van der Waals surface area contributed by atoms with Crippen LogP contribution in [0.15, 0.2) is 29.2 Å². The van der Waals surface area contributed by atoms with Crippen molar-refractivity contribution in [2.24, 2.45) is 0 Å². The van der Waals surface area contributed by atoms with E-state index in [1.807, 2.05) is 37.6 Å². The van der Waals surface area contributed by atoms with Gasteiger partial charge < -0.3 is 15.4 Å². The molecule has 1 aliphatic rings. The maximum atomic E-state index is 12.2. The zero-order valence-electron chi connectivity index (χ0n) is 12.6. The molecule has 2 rings (SSSR count). The molecule has 1 atom stereocenters. The van der Waals surface area contributed by atoms with E-state index in [0.29, 0.717) is 13.2 Å². The van der Waals surface area contributed by atoms with Crippen LogP contribution in [-0.4, -0.2) is 63.0 Å². The van der Waals surface area contributed by atoms with Crippen LogP contribution in [0, 0.1) is 0 Å². The molecule has 0 aliphatic carbocycles. The van der Waals surface area contributed by atoms with E-state index in [1.165, 1.54) is 0 Å². The van der Waals surface area contributed by atoms with Gasteiger partial charge in [0.05, 0.1) is 24.9 Å². The third kappa shape index (κ3) is 5.00. The van der Waals surface area contributed by atoms with E-state index in [4.69, 9.17) is 4.74 Å². The minimum absolute atomic E-state index is 0.0293. The van der Waals surface area contributed by atoms with Gasteiger partial charge in [0.15, 0.2) is 0 Å². The van der Waals surface area contributed by atoms with E-state index in [1.54, 1.807) is 11.8 Å². The number of morpholine rings is 1. The Balaban J connectivity index is 1.86. The normalized spacial score (nSPS) is 19.4. The fourth-order valence-electron chi connectivity index (χ4n) is 2.42. The van der Waals surface area contributed by atoms with Crippen molar-refractivity contribution in [2.45, 2.75) is 11.0 Å². The monoisotopic (exact) mass is 309 g/mol. The molecular formula is C15H23N3O2S. The molecule has 1 heterocycles. The van der Waals surface area contributed by atoms with Gasteiger partial charge in [0, 0.05) is 24.5 Å². The number of carbonyl (C=O) groups is 1. The Morgan fingerprint density at radius 2 is 2.29 bits per heavy atom. The minimum Gasteiger partial charge on any atom is -0.374 e. The highest BCUT2D eigenvalue weighted by Crippen LogP contribution is 2.24. The molecule has 116 valence electrons. The first-order chi connectivity index (χ1) is 10.2. The van der Waals surface area contributed by atoms with Gasteiger partial charge in [0.2, 0.25) is 5.91 Å². The van der Waals surface area contributed by atoms with E-state index in [9.17, 15) is 4.79 Å². The molecule has 6 heteroatoms. The van der Waals surface area contributed by atoms with Crippen LogP contribution in [0.3, 0.4) is 0 Å². The molecule has 1 saturated heterocycles. The number of nitrogens with one attached hydrogen (secondary N) is 2. The lowest BCUT2D eigenvalue weighted by atomic mass is 10.2. The first-order valence-corrected chi connectivity index (χ1v) is 8.37. The molecule has 2 N–H and O–H groups in total. The van der Waals surface area contributed by atoms with E-state index in [-0.39, 0.29) is 12.0 Å². The van der Waals surface area contributed by atoms with Gasteiger partial charge in [-0.3, -0.25) is 9.69 Å². The predicted molar refractivity (Wildman–Crippen MR) is 87.0 cm³/mol. The van der Waals surface area contributed by atoms with Crippen LogP contribution in [0.4, 0.5) is 5.69 Å². The number of nitrogens with zero attached hydrogens (tertiary/aromatic N) is 1. The number of ether oxygens (including phenoxy) is 1. The lowest BCUT2D eigenvalue weighted by molar-refractivity contribution is -0.119. The molecule has 1 unspecified atom stereocenters. The standard InChI is InChI=1S/C15H23N3O2S/c1-16-9-12-10-18(7-8-20-12)11-15(19)17-13-5-3-4-6-14(13)21-2/h3-6,12,16H,7-11H2,1-2H3,(H,17,19). The van der Waals surface area contributed by atoms with Gasteiger partial charge in [-0.1, -0.05) is 12.1 Å². The molecule has 0 saturated carbocycles. The highest BCUT2D eigenvalue weighted by Gasteiger charge is 2.21. The van der Waals surface area contributed by atoms with Crippen molar-refractivity contribution >= 4 is 23.4 Å². The largest absolute Gasteiger partial charge is 0.374 e. The number of rotatable bonds is 6. The third-order valence-electron chi connectivity index (χ3n) is 3.40. The number of likely N-dealkylation sites (N-methyl/N-ethyl adjacent to an activating group) is 1. The molecule has 0 bridgehead atoms. The molecule has 1 amide bonds. The quantitative estimate of drug-likeness (QED) is 0.775. The van der Waals surface area contributed by atoms with Crippen molar-refractivity contribution in [1.82, 2.24) is 10.2 Å². The molecule has 21 heavy (non-hydrogen) atoms. The van der Waals surface area contributed by atoms with Crippen LogP contribution in [0.2, 0.25) is 0 Å². The Labute approximate surface area is 130 Å². The molecule has 1 aromatic rings. The summed E-state index contributed by atoms with van der Waals surface area (Å²) in [6.45, 7) is 3.50. The molecule has 1 aliphatic heterocycles. The number of anilines is 1. The van der Waals surface area contributed by atoms with Crippen molar-refractivity contribution < 1.29 is 9.53 Å². The van der Waals surface area contributed by atoms with Gasteiger partial charge in [-0.2, -0.15) is 0 Å². The van der Waals surface area contributed by atoms with Crippen LogP contribution in [0.1, 0.15) is 0 Å². The van der Waals surface area contributed by atoms with E-state index in [0.717, 1.165) is 30.2 Å². The summed E-state index contributed by atoms with van der Waals surface area (Å²) < 4.78 is 5.65. The number of benzene rings is 1. The minimum atomic E-state index is 0.0293. The predicted octanol–water partition coefficient (Wildman–Crippen LogP) is 1.27. The highest BCUT2D eigenvalue weighted by atomic mass is 32.2. The number of hydrogen-bond acceptors (Lipinski definition) is 5. The molecule has 0 radical (unpaired) electrons. The van der Waals surface area contributed by atoms with Gasteiger partial charge in [-0.05, 0) is 25.4 Å². The number of para-hydroxylation sites is 1. The zero-order chi connectivity index (χ0) is 15.1. The average Bonchev–Trinajstić information content (AvgIpc) is 2.48. The van der Waals surface area contributed by atoms with Crippen LogP contribution in [0.5, 0.6) is 0 Å². The van der Waals surface area contributed by atoms with Gasteiger partial charge in [0.1, 0.15) is 0 Å². The SMILES string of the molecule is CNCC1CN(CC(=O)Nc2ccccc2SC)CCO1. The van der Waals surface area contributed by atoms with Gasteiger partial charge in [-0.25, -0.2) is 0 Å². The van der Waals surface area contributed by atoms with Crippen molar-refractivity contribution in [3.05, 3.63) is 24.3 Å².